The van der Waals surface area contributed by atoms with E-state index in [2.05, 4.69) is 20.5 Å². The number of nitrogens with zero attached hydrogens (tertiary/aromatic N) is 5. The average molecular weight is 422 g/mol. The Morgan fingerprint density at radius 2 is 2.10 bits per heavy atom. The van der Waals surface area contributed by atoms with Crippen LogP contribution in [-0.4, -0.2) is 43.9 Å². The number of hydrogen-bond acceptors (Lipinski definition) is 5. The smallest absolute Gasteiger partial charge is 0.259 e. The summed E-state index contributed by atoms with van der Waals surface area (Å²) in [5.74, 6) is -0.274. The topological polar surface area (TPSA) is 86.9 Å². The quantitative estimate of drug-likeness (QED) is 0.488. The predicted octanol–water partition coefficient (Wildman–Crippen LogP) is 3.91. The first kappa shape index (κ1) is 20.7. The fraction of sp³-hybridized carbons (Fsp3) is 0.273. The van der Waals surface area contributed by atoms with Crippen LogP contribution in [0.1, 0.15) is 30.2 Å². The number of carbonyl (C=O) groups is 1. The standard InChI is InChI=1S/C22H23FN6O2/c1-14(2)29-13-24-27-21(29)18-5-4-6-20(25-18)26-22(30)16-12-19-15(11-17(16)23)7-8-28(19)9-10-31-3/h4-8,11-14H,9-10H2,1-3H3,(H,25,26,30). The molecule has 9 heteroatoms. The number of anilines is 1. The first-order valence-corrected chi connectivity index (χ1v) is 9.93. The van der Waals surface area contributed by atoms with Crippen molar-refractivity contribution in [3.05, 3.63) is 60.3 Å². The third kappa shape index (κ3) is 4.17. The predicted molar refractivity (Wildman–Crippen MR) is 115 cm³/mol. The highest BCUT2D eigenvalue weighted by Crippen LogP contribution is 2.23. The Balaban J connectivity index is 1.62. The summed E-state index contributed by atoms with van der Waals surface area (Å²) in [6.07, 6.45) is 3.48. The van der Waals surface area contributed by atoms with Crippen LogP contribution in [0, 0.1) is 5.82 Å². The van der Waals surface area contributed by atoms with E-state index in [0.29, 0.717) is 30.5 Å². The molecule has 0 saturated carbocycles. The molecular formula is C22H23FN6O2. The summed E-state index contributed by atoms with van der Waals surface area (Å²) in [5, 5.41) is 11.5. The Kier molecular flexibility index (Phi) is 5.77. The molecule has 4 rings (SSSR count). The molecule has 0 aliphatic carbocycles. The van der Waals surface area contributed by atoms with Gasteiger partial charge in [0.2, 0.25) is 0 Å². The first-order chi connectivity index (χ1) is 15.0. The van der Waals surface area contributed by atoms with Crippen molar-refractivity contribution in [1.29, 1.82) is 0 Å². The van der Waals surface area contributed by atoms with Crippen LogP contribution >= 0.6 is 0 Å². The number of hydrogen-bond donors (Lipinski definition) is 1. The zero-order valence-electron chi connectivity index (χ0n) is 17.5. The number of rotatable bonds is 7. The minimum atomic E-state index is -0.592. The van der Waals surface area contributed by atoms with Crippen molar-refractivity contribution in [2.45, 2.75) is 26.4 Å². The van der Waals surface area contributed by atoms with E-state index in [9.17, 15) is 9.18 Å². The van der Waals surface area contributed by atoms with Gasteiger partial charge in [0.1, 0.15) is 23.7 Å². The number of aromatic nitrogens is 5. The molecule has 0 unspecified atom stereocenters. The van der Waals surface area contributed by atoms with Crippen molar-refractivity contribution < 1.29 is 13.9 Å². The van der Waals surface area contributed by atoms with Crippen LogP contribution in [-0.2, 0) is 11.3 Å². The molecule has 4 aromatic rings. The molecule has 0 saturated heterocycles. The largest absolute Gasteiger partial charge is 0.383 e. The number of amides is 1. The van der Waals surface area contributed by atoms with Crippen LogP contribution in [0.3, 0.4) is 0 Å². The Morgan fingerprint density at radius 1 is 1.26 bits per heavy atom. The average Bonchev–Trinajstić information content (AvgIpc) is 3.39. The highest BCUT2D eigenvalue weighted by molar-refractivity contribution is 6.06. The van der Waals surface area contributed by atoms with Crippen LogP contribution in [0.4, 0.5) is 10.2 Å². The van der Waals surface area contributed by atoms with Crippen molar-refractivity contribution >= 4 is 22.6 Å². The monoisotopic (exact) mass is 422 g/mol. The van der Waals surface area contributed by atoms with Gasteiger partial charge in [0.25, 0.3) is 5.91 Å². The van der Waals surface area contributed by atoms with E-state index in [1.807, 2.05) is 35.2 Å². The maximum Gasteiger partial charge on any atom is 0.259 e. The van der Waals surface area contributed by atoms with Crippen LogP contribution < -0.4 is 5.32 Å². The van der Waals surface area contributed by atoms with Gasteiger partial charge in [0.05, 0.1) is 12.2 Å². The van der Waals surface area contributed by atoms with E-state index < -0.39 is 11.7 Å². The molecule has 3 aromatic heterocycles. The number of carbonyl (C=O) groups excluding carboxylic acids is 1. The summed E-state index contributed by atoms with van der Waals surface area (Å²) < 4.78 is 23.6. The first-order valence-electron chi connectivity index (χ1n) is 9.93. The number of nitrogens with one attached hydrogen (secondary N) is 1. The van der Waals surface area contributed by atoms with Gasteiger partial charge in [-0.25, -0.2) is 9.37 Å². The number of ether oxygens (including phenoxy) is 1. The maximum absolute atomic E-state index is 14.6. The molecule has 0 radical (unpaired) electrons. The third-order valence-corrected chi connectivity index (χ3v) is 4.99. The van der Waals surface area contributed by atoms with Crippen LogP contribution in [0.5, 0.6) is 0 Å². The lowest BCUT2D eigenvalue weighted by Gasteiger charge is -2.11. The molecule has 0 spiro atoms. The molecule has 0 aliphatic rings. The zero-order chi connectivity index (χ0) is 22.0. The molecule has 31 heavy (non-hydrogen) atoms. The van der Waals surface area contributed by atoms with Gasteiger partial charge < -0.3 is 19.2 Å². The number of halogens is 1. The Labute approximate surface area is 178 Å². The van der Waals surface area contributed by atoms with Crippen LogP contribution in [0.15, 0.2) is 48.9 Å². The number of benzene rings is 1. The second-order valence-corrected chi connectivity index (χ2v) is 7.41. The van der Waals surface area contributed by atoms with Crippen LogP contribution in [0.2, 0.25) is 0 Å². The maximum atomic E-state index is 14.6. The number of pyridine rings is 1. The summed E-state index contributed by atoms with van der Waals surface area (Å²) in [4.78, 5) is 17.3. The molecule has 8 nitrogen and oxygen atoms in total. The lowest BCUT2D eigenvalue weighted by molar-refractivity contribution is 0.102. The summed E-state index contributed by atoms with van der Waals surface area (Å²) >= 11 is 0. The molecule has 0 bridgehead atoms. The lowest BCUT2D eigenvalue weighted by Crippen LogP contribution is -2.15. The molecule has 1 amide bonds. The third-order valence-electron chi connectivity index (χ3n) is 4.99. The minimum absolute atomic E-state index is 0.0533. The highest BCUT2D eigenvalue weighted by atomic mass is 19.1. The molecule has 160 valence electrons. The van der Waals surface area contributed by atoms with Crippen molar-refractivity contribution in [3.8, 4) is 11.5 Å². The van der Waals surface area contributed by atoms with E-state index in [1.54, 1.807) is 37.7 Å². The molecule has 3 heterocycles. The Hall–Kier alpha value is -3.59. The molecule has 0 atom stereocenters. The lowest BCUT2D eigenvalue weighted by atomic mass is 10.1. The van der Waals surface area contributed by atoms with Crippen molar-refractivity contribution in [3.63, 3.8) is 0 Å². The highest BCUT2D eigenvalue weighted by Gasteiger charge is 2.17. The normalized spacial score (nSPS) is 11.4. The molecule has 1 aromatic carbocycles. The molecule has 0 aliphatic heterocycles. The van der Waals surface area contributed by atoms with Crippen molar-refractivity contribution in [1.82, 2.24) is 24.3 Å². The second-order valence-electron chi connectivity index (χ2n) is 7.41. The summed E-state index contributed by atoms with van der Waals surface area (Å²) in [7, 11) is 1.62. The van der Waals surface area contributed by atoms with E-state index in [-0.39, 0.29) is 11.6 Å². The number of fused-ring (bicyclic) bond motifs is 1. The van der Waals surface area contributed by atoms with E-state index in [0.717, 1.165) is 10.9 Å². The zero-order valence-corrected chi connectivity index (χ0v) is 17.5. The Bertz CT molecular complexity index is 1230. The van der Waals surface area contributed by atoms with Crippen molar-refractivity contribution in [2.24, 2.45) is 0 Å². The Morgan fingerprint density at radius 3 is 2.87 bits per heavy atom. The summed E-state index contributed by atoms with van der Waals surface area (Å²) in [6.45, 7) is 5.15. The number of methoxy groups -OCH3 is 1. The second kappa shape index (κ2) is 8.65. The fourth-order valence-electron chi connectivity index (χ4n) is 3.39. The van der Waals surface area contributed by atoms with Crippen LogP contribution in [0.25, 0.3) is 22.4 Å². The fourth-order valence-corrected chi connectivity index (χ4v) is 3.39. The van der Waals surface area contributed by atoms with E-state index in [1.165, 1.54) is 6.07 Å². The molecule has 1 N–H and O–H groups in total. The molecular weight excluding hydrogens is 399 g/mol. The van der Waals surface area contributed by atoms with Gasteiger partial charge in [-0.1, -0.05) is 6.07 Å². The van der Waals surface area contributed by atoms with Gasteiger partial charge in [0, 0.05) is 36.8 Å². The SMILES string of the molecule is COCCn1ccc2cc(F)c(C(=O)Nc3cccc(-c4nncn4C(C)C)n3)cc21. The van der Waals surface area contributed by atoms with Gasteiger partial charge in [-0.2, -0.15) is 0 Å². The van der Waals surface area contributed by atoms with Gasteiger partial charge in [-0.3, -0.25) is 4.79 Å². The minimum Gasteiger partial charge on any atom is -0.383 e. The van der Waals surface area contributed by atoms with Gasteiger partial charge in [-0.15, -0.1) is 10.2 Å². The van der Waals surface area contributed by atoms with Gasteiger partial charge in [-0.05, 0) is 44.2 Å². The van der Waals surface area contributed by atoms with Crippen molar-refractivity contribution in [2.75, 3.05) is 19.0 Å². The van der Waals surface area contributed by atoms with Gasteiger partial charge in [0.15, 0.2) is 5.82 Å². The molecule has 0 fully saturated rings. The van der Waals surface area contributed by atoms with E-state index >= 15 is 0 Å². The van der Waals surface area contributed by atoms with Gasteiger partial charge >= 0.3 is 0 Å². The summed E-state index contributed by atoms with van der Waals surface area (Å²) in [5.41, 5.74) is 1.27. The van der Waals surface area contributed by atoms with E-state index in [4.69, 9.17) is 4.74 Å². The summed E-state index contributed by atoms with van der Waals surface area (Å²) in [6, 6.07) is 10.1.